The second kappa shape index (κ2) is 6.81. The van der Waals surface area contributed by atoms with Gasteiger partial charge in [-0.05, 0) is 37.1 Å². The highest BCUT2D eigenvalue weighted by Crippen LogP contribution is 2.32. The van der Waals surface area contributed by atoms with Crippen molar-refractivity contribution in [1.29, 1.82) is 5.26 Å². The number of nitrogens with zero attached hydrogens (tertiary/aromatic N) is 4. The molecule has 4 rings (SSSR count). The summed E-state index contributed by atoms with van der Waals surface area (Å²) in [7, 11) is 0. The molecule has 1 amide bonds. The fraction of sp³-hybridized carbons (Fsp3) is 0.200. The number of rotatable bonds is 3. The molecular weight excluding hydrogens is 326 g/mol. The summed E-state index contributed by atoms with van der Waals surface area (Å²) in [5.41, 5.74) is 2.07. The van der Waals surface area contributed by atoms with Crippen molar-refractivity contribution in [1.82, 2.24) is 20.1 Å². The zero-order chi connectivity index (χ0) is 17.9. The zero-order valence-electron chi connectivity index (χ0n) is 14.1. The van der Waals surface area contributed by atoms with E-state index in [1.165, 1.54) is 0 Å². The molecule has 0 spiro atoms. The summed E-state index contributed by atoms with van der Waals surface area (Å²) in [6, 6.07) is 18.5. The van der Waals surface area contributed by atoms with Crippen molar-refractivity contribution in [2.75, 3.05) is 6.54 Å². The third-order valence-corrected chi connectivity index (χ3v) is 4.62. The molecule has 0 aliphatic carbocycles. The van der Waals surface area contributed by atoms with Gasteiger partial charge in [0.2, 0.25) is 0 Å². The highest BCUT2D eigenvalue weighted by atomic mass is 16.2. The molecule has 1 aromatic heterocycles. The molecule has 1 aliphatic heterocycles. The van der Waals surface area contributed by atoms with E-state index in [1.54, 1.807) is 24.3 Å². The van der Waals surface area contributed by atoms with Crippen LogP contribution in [0.2, 0.25) is 0 Å². The van der Waals surface area contributed by atoms with Crippen molar-refractivity contribution >= 4 is 5.91 Å². The van der Waals surface area contributed by atoms with E-state index in [-0.39, 0.29) is 11.9 Å². The van der Waals surface area contributed by atoms with E-state index in [0.29, 0.717) is 29.3 Å². The van der Waals surface area contributed by atoms with E-state index in [9.17, 15) is 4.79 Å². The summed E-state index contributed by atoms with van der Waals surface area (Å²) in [5.74, 6) is 1.30. The number of aromatic amines is 1. The number of carbonyl (C=O) groups excluding carboxylic acids is 1. The largest absolute Gasteiger partial charge is 0.328 e. The minimum Gasteiger partial charge on any atom is -0.328 e. The predicted molar refractivity (Wildman–Crippen MR) is 96.0 cm³/mol. The molecule has 26 heavy (non-hydrogen) atoms. The van der Waals surface area contributed by atoms with Crippen LogP contribution in [0, 0.1) is 11.3 Å². The SMILES string of the molecule is N#Cc1ccc(C(=O)N2CCC[C@H]2c2nc(-c3ccccc3)n[nH]2)cc1. The predicted octanol–water partition coefficient (Wildman–Crippen LogP) is 3.32. The minimum absolute atomic E-state index is 0.0466. The quantitative estimate of drug-likeness (QED) is 0.790. The normalized spacial score (nSPS) is 16.4. The molecule has 6 nitrogen and oxygen atoms in total. The van der Waals surface area contributed by atoms with E-state index in [4.69, 9.17) is 5.26 Å². The maximum Gasteiger partial charge on any atom is 0.254 e. The summed E-state index contributed by atoms with van der Waals surface area (Å²) >= 11 is 0. The van der Waals surface area contributed by atoms with Crippen molar-refractivity contribution in [3.05, 3.63) is 71.5 Å². The lowest BCUT2D eigenvalue weighted by molar-refractivity contribution is 0.0730. The lowest BCUT2D eigenvalue weighted by Crippen LogP contribution is -2.31. The Hall–Kier alpha value is -3.46. The van der Waals surface area contributed by atoms with Gasteiger partial charge in [-0.3, -0.25) is 9.89 Å². The number of likely N-dealkylation sites (tertiary alicyclic amines) is 1. The fourth-order valence-corrected chi connectivity index (χ4v) is 3.29. The monoisotopic (exact) mass is 343 g/mol. The highest BCUT2D eigenvalue weighted by molar-refractivity contribution is 5.94. The topological polar surface area (TPSA) is 85.7 Å². The molecule has 0 bridgehead atoms. The molecule has 1 saturated heterocycles. The van der Waals surface area contributed by atoms with Gasteiger partial charge in [0.05, 0.1) is 17.7 Å². The van der Waals surface area contributed by atoms with E-state index in [2.05, 4.69) is 21.3 Å². The van der Waals surface area contributed by atoms with Gasteiger partial charge >= 0.3 is 0 Å². The Bertz CT molecular complexity index is 956. The van der Waals surface area contributed by atoms with Crippen LogP contribution in [0.4, 0.5) is 0 Å². The standard InChI is InChI=1S/C20H17N5O/c21-13-14-8-10-16(11-9-14)20(26)25-12-4-7-17(25)19-22-18(23-24-19)15-5-2-1-3-6-15/h1-3,5-6,8-11,17H,4,7,12H2,(H,22,23,24)/t17-/m0/s1. The van der Waals surface area contributed by atoms with Crippen LogP contribution in [0.1, 0.15) is 40.6 Å². The van der Waals surface area contributed by atoms with E-state index >= 15 is 0 Å². The van der Waals surface area contributed by atoms with Crippen molar-refractivity contribution < 1.29 is 4.79 Å². The molecule has 1 aliphatic rings. The number of H-pyrrole nitrogens is 1. The average molecular weight is 343 g/mol. The number of nitrogens with one attached hydrogen (secondary N) is 1. The maximum absolute atomic E-state index is 12.9. The Kier molecular flexibility index (Phi) is 4.20. The second-order valence-electron chi connectivity index (χ2n) is 6.26. The molecule has 2 aromatic carbocycles. The first-order chi connectivity index (χ1) is 12.8. The zero-order valence-corrected chi connectivity index (χ0v) is 14.1. The first kappa shape index (κ1) is 16.0. The number of hydrogen-bond donors (Lipinski definition) is 1. The lowest BCUT2D eigenvalue weighted by Gasteiger charge is -2.23. The number of aromatic nitrogens is 3. The van der Waals surface area contributed by atoms with Gasteiger partial charge in [0.15, 0.2) is 5.82 Å². The summed E-state index contributed by atoms with van der Waals surface area (Å²) in [4.78, 5) is 19.3. The average Bonchev–Trinajstić information content (AvgIpc) is 3.37. The van der Waals surface area contributed by atoms with Crippen molar-refractivity contribution in [3.8, 4) is 17.5 Å². The van der Waals surface area contributed by atoms with Gasteiger partial charge < -0.3 is 4.90 Å². The van der Waals surface area contributed by atoms with Crippen LogP contribution in [0.3, 0.4) is 0 Å². The Morgan fingerprint density at radius 3 is 2.65 bits per heavy atom. The molecule has 1 fully saturated rings. The van der Waals surface area contributed by atoms with Crippen LogP contribution < -0.4 is 0 Å². The van der Waals surface area contributed by atoms with Crippen molar-refractivity contribution in [3.63, 3.8) is 0 Å². The number of nitriles is 1. The molecular formula is C20H17N5O. The van der Waals surface area contributed by atoms with E-state index < -0.39 is 0 Å². The molecule has 0 saturated carbocycles. The fourth-order valence-electron chi connectivity index (χ4n) is 3.29. The number of hydrogen-bond acceptors (Lipinski definition) is 4. The number of amides is 1. The Balaban J connectivity index is 1.58. The summed E-state index contributed by atoms with van der Waals surface area (Å²) in [6.45, 7) is 0.685. The van der Waals surface area contributed by atoms with Crippen LogP contribution in [0.25, 0.3) is 11.4 Å². The Morgan fingerprint density at radius 2 is 1.92 bits per heavy atom. The first-order valence-corrected chi connectivity index (χ1v) is 8.55. The van der Waals surface area contributed by atoms with Crippen LogP contribution in [-0.2, 0) is 0 Å². The van der Waals surface area contributed by atoms with E-state index in [0.717, 1.165) is 18.4 Å². The smallest absolute Gasteiger partial charge is 0.254 e. The molecule has 6 heteroatoms. The Labute approximate surface area is 151 Å². The van der Waals surface area contributed by atoms with Gasteiger partial charge in [0.25, 0.3) is 5.91 Å². The van der Waals surface area contributed by atoms with Gasteiger partial charge in [0, 0.05) is 17.7 Å². The Morgan fingerprint density at radius 1 is 1.15 bits per heavy atom. The molecule has 1 atom stereocenters. The third kappa shape index (κ3) is 2.95. The van der Waals surface area contributed by atoms with Gasteiger partial charge in [-0.1, -0.05) is 30.3 Å². The maximum atomic E-state index is 12.9. The van der Waals surface area contributed by atoms with Crippen LogP contribution in [0.15, 0.2) is 54.6 Å². The van der Waals surface area contributed by atoms with Crippen LogP contribution >= 0.6 is 0 Å². The number of carbonyl (C=O) groups is 1. The highest BCUT2D eigenvalue weighted by Gasteiger charge is 2.33. The minimum atomic E-state index is -0.108. The summed E-state index contributed by atoms with van der Waals surface area (Å²) < 4.78 is 0. The van der Waals surface area contributed by atoms with E-state index in [1.807, 2.05) is 35.2 Å². The first-order valence-electron chi connectivity index (χ1n) is 8.55. The summed E-state index contributed by atoms with van der Waals surface area (Å²) in [5, 5.41) is 16.2. The van der Waals surface area contributed by atoms with Gasteiger partial charge in [-0.2, -0.15) is 10.4 Å². The second-order valence-corrected chi connectivity index (χ2v) is 6.26. The van der Waals surface area contributed by atoms with Crippen molar-refractivity contribution in [2.24, 2.45) is 0 Å². The van der Waals surface area contributed by atoms with Crippen LogP contribution in [0.5, 0.6) is 0 Å². The molecule has 0 unspecified atom stereocenters. The summed E-state index contributed by atoms with van der Waals surface area (Å²) in [6.07, 6.45) is 1.78. The van der Waals surface area contributed by atoms with Gasteiger partial charge in [-0.15, -0.1) is 0 Å². The third-order valence-electron chi connectivity index (χ3n) is 4.62. The molecule has 3 aromatic rings. The van der Waals surface area contributed by atoms with Crippen LogP contribution in [-0.4, -0.2) is 32.5 Å². The molecule has 0 radical (unpaired) electrons. The van der Waals surface area contributed by atoms with Gasteiger partial charge in [0.1, 0.15) is 5.82 Å². The molecule has 1 N–H and O–H groups in total. The van der Waals surface area contributed by atoms with Crippen molar-refractivity contribution in [2.45, 2.75) is 18.9 Å². The molecule has 2 heterocycles. The molecule has 128 valence electrons. The number of benzene rings is 2. The lowest BCUT2D eigenvalue weighted by atomic mass is 10.1. The van der Waals surface area contributed by atoms with Gasteiger partial charge in [-0.25, -0.2) is 4.98 Å².